The second-order valence-corrected chi connectivity index (χ2v) is 5.33. The van der Waals surface area contributed by atoms with E-state index in [1.54, 1.807) is 12.1 Å². The molecular formula is C14H13N3O2S. The van der Waals surface area contributed by atoms with Gasteiger partial charge in [-0.25, -0.2) is 4.98 Å². The predicted octanol–water partition coefficient (Wildman–Crippen LogP) is 1.98. The SMILES string of the molecule is O=c1[nH]c(CNCc2ccc(O)cc2)nc2ccsc12. The lowest BCUT2D eigenvalue weighted by atomic mass is 10.2. The number of rotatable bonds is 4. The molecule has 0 amide bonds. The van der Waals surface area contributed by atoms with Gasteiger partial charge in [-0.05, 0) is 29.1 Å². The van der Waals surface area contributed by atoms with E-state index in [1.165, 1.54) is 11.3 Å². The molecule has 0 fully saturated rings. The summed E-state index contributed by atoms with van der Waals surface area (Å²) in [6.07, 6.45) is 0. The van der Waals surface area contributed by atoms with Crippen molar-refractivity contribution in [3.05, 3.63) is 57.5 Å². The summed E-state index contributed by atoms with van der Waals surface area (Å²) in [5, 5.41) is 14.3. The average molecular weight is 287 g/mol. The highest BCUT2D eigenvalue weighted by molar-refractivity contribution is 7.17. The molecule has 0 aliphatic heterocycles. The smallest absolute Gasteiger partial charge is 0.268 e. The molecule has 3 aromatic rings. The molecule has 0 atom stereocenters. The number of phenolic OH excluding ortho intramolecular Hbond substituents is 1. The van der Waals surface area contributed by atoms with Crippen LogP contribution in [0.5, 0.6) is 5.75 Å². The second kappa shape index (κ2) is 5.44. The summed E-state index contributed by atoms with van der Waals surface area (Å²) >= 11 is 1.39. The summed E-state index contributed by atoms with van der Waals surface area (Å²) in [7, 11) is 0. The fourth-order valence-electron chi connectivity index (χ4n) is 1.94. The molecule has 3 rings (SSSR count). The number of aromatic amines is 1. The van der Waals surface area contributed by atoms with Gasteiger partial charge in [-0.3, -0.25) is 4.79 Å². The molecule has 20 heavy (non-hydrogen) atoms. The lowest BCUT2D eigenvalue weighted by Crippen LogP contribution is -2.18. The maximum absolute atomic E-state index is 11.8. The van der Waals surface area contributed by atoms with Gasteiger partial charge >= 0.3 is 0 Å². The number of nitrogens with one attached hydrogen (secondary N) is 2. The molecule has 2 heterocycles. The van der Waals surface area contributed by atoms with E-state index in [0.29, 0.717) is 23.6 Å². The van der Waals surface area contributed by atoms with Gasteiger partial charge in [0.15, 0.2) is 0 Å². The number of benzene rings is 1. The Morgan fingerprint density at radius 3 is 2.80 bits per heavy atom. The number of phenols is 1. The minimum absolute atomic E-state index is 0.0913. The van der Waals surface area contributed by atoms with Crippen molar-refractivity contribution < 1.29 is 5.11 Å². The van der Waals surface area contributed by atoms with E-state index in [4.69, 9.17) is 0 Å². The molecule has 1 aromatic carbocycles. The van der Waals surface area contributed by atoms with Crippen LogP contribution in [0.4, 0.5) is 0 Å². The molecule has 0 bridgehead atoms. The molecular weight excluding hydrogens is 274 g/mol. The zero-order chi connectivity index (χ0) is 13.9. The monoisotopic (exact) mass is 287 g/mol. The number of H-pyrrole nitrogens is 1. The molecule has 0 spiro atoms. The third-order valence-electron chi connectivity index (χ3n) is 2.92. The third kappa shape index (κ3) is 2.71. The lowest BCUT2D eigenvalue weighted by molar-refractivity contribution is 0.475. The van der Waals surface area contributed by atoms with Crippen molar-refractivity contribution in [3.8, 4) is 5.75 Å². The van der Waals surface area contributed by atoms with Crippen LogP contribution < -0.4 is 10.9 Å². The first-order chi connectivity index (χ1) is 9.72. The van der Waals surface area contributed by atoms with Gasteiger partial charge in [0, 0.05) is 6.54 Å². The quantitative estimate of drug-likeness (QED) is 0.685. The summed E-state index contributed by atoms with van der Waals surface area (Å²) in [6, 6.07) is 8.84. The van der Waals surface area contributed by atoms with Gasteiger partial charge in [0.2, 0.25) is 0 Å². The van der Waals surface area contributed by atoms with Crippen LogP contribution >= 0.6 is 11.3 Å². The topological polar surface area (TPSA) is 78.0 Å². The Balaban J connectivity index is 1.67. The Kier molecular flexibility index (Phi) is 3.49. The predicted molar refractivity (Wildman–Crippen MR) is 78.9 cm³/mol. The van der Waals surface area contributed by atoms with Gasteiger partial charge in [0.1, 0.15) is 16.3 Å². The molecule has 3 N–H and O–H groups in total. The van der Waals surface area contributed by atoms with E-state index >= 15 is 0 Å². The van der Waals surface area contributed by atoms with Crippen LogP contribution in [-0.2, 0) is 13.1 Å². The zero-order valence-electron chi connectivity index (χ0n) is 10.6. The Morgan fingerprint density at radius 2 is 2.00 bits per heavy atom. The van der Waals surface area contributed by atoms with Crippen molar-refractivity contribution >= 4 is 21.6 Å². The van der Waals surface area contributed by atoms with Gasteiger partial charge in [-0.2, -0.15) is 0 Å². The van der Waals surface area contributed by atoms with Crippen molar-refractivity contribution in [3.63, 3.8) is 0 Å². The van der Waals surface area contributed by atoms with Crippen molar-refractivity contribution in [2.75, 3.05) is 0 Å². The van der Waals surface area contributed by atoms with Crippen LogP contribution in [0.25, 0.3) is 10.2 Å². The van der Waals surface area contributed by atoms with E-state index in [9.17, 15) is 9.90 Å². The first kappa shape index (κ1) is 12.8. The second-order valence-electron chi connectivity index (χ2n) is 4.42. The fourth-order valence-corrected chi connectivity index (χ4v) is 2.67. The molecule has 2 aromatic heterocycles. The highest BCUT2D eigenvalue weighted by Gasteiger charge is 2.04. The molecule has 0 saturated heterocycles. The maximum Gasteiger partial charge on any atom is 0.268 e. The average Bonchev–Trinajstić information content (AvgIpc) is 2.90. The van der Waals surface area contributed by atoms with Crippen LogP contribution in [0.2, 0.25) is 0 Å². The van der Waals surface area contributed by atoms with Crippen molar-refractivity contribution in [2.24, 2.45) is 0 Å². The highest BCUT2D eigenvalue weighted by atomic mass is 32.1. The van der Waals surface area contributed by atoms with E-state index in [1.807, 2.05) is 23.6 Å². The molecule has 0 radical (unpaired) electrons. The fraction of sp³-hybridized carbons (Fsp3) is 0.143. The summed E-state index contributed by atoms with van der Waals surface area (Å²) in [6.45, 7) is 1.13. The molecule has 102 valence electrons. The molecule has 0 aliphatic carbocycles. The standard InChI is InChI=1S/C14H13N3O2S/c18-10-3-1-9(2-4-10)7-15-8-12-16-11-5-6-20-13(11)14(19)17-12/h1-6,15,18H,7-8H2,(H,16,17,19). The van der Waals surface area contributed by atoms with Gasteiger partial charge in [0.05, 0.1) is 12.1 Å². The molecule has 0 saturated carbocycles. The molecule has 0 unspecified atom stereocenters. The van der Waals surface area contributed by atoms with Gasteiger partial charge in [-0.1, -0.05) is 12.1 Å². The van der Waals surface area contributed by atoms with Crippen molar-refractivity contribution in [2.45, 2.75) is 13.1 Å². The maximum atomic E-state index is 11.8. The van der Waals surface area contributed by atoms with Crippen LogP contribution in [-0.4, -0.2) is 15.1 Å². The highest BCUT2D eigenvalue weighted by Crippen LogP contribution is 2.13. The summed E-state index contributed by atoms with van der Waals surface area (Å²) in [5.41, 5.74) is 1.70. The summed E-state index contributed by atoms with van der Waals surface area (Å²) in [5.74, 6) is 0.877. The van der Waals surface area contributed by atoms with Crippen LogP contribution in [0.1, 0.15) is 11.4 Å². The first-order valence-corrected chi connectivity index (χ1v) is 7.05. The normalized spacial score (nSPS) is 11.0. The van der Waals surface area contributed by atoms with E-state index in [2.05, 4.69) is 15.3 Å². The number of hydrogen-bond acceptors (Lipinski definition) is 5. The number of aromatic nitrogens is 2. The first-order valence-electron chi connectivity index (χ1n) is 6.17. The molecule has 0 aliphatic rings. The van der Waals surface area contributed by atoms with Crippen LogP contribution in [0.3, 0.4) is 0 Å². The lowest BCUT2D eigenvalue weighted by Gasteiger charge is -2.05. The van der Waals surface area contributed by atoms with Crippen molar-refractivity contribution in [1.29, 1.82) is 0 Å². The van der Waals surface area contributed by atoms with E-state index in [-0.39, 0.29) is 11.3 Å². The molecule has 6 heteroatoms. The number of hydrogen-bond donors (Lipinski definition) is 3. The van der Waals surface area contributed by atoms with E-state index in [0.717, 1.165) is 11.1 Å². The Morgan fingerprint density at radius 1 is 1.20 bits per heavy atom. The number of thiophene rings is 1. The van der Waals surface area contributed by atoms with Crippen LogP contribution in [0, 0.1) is 0 Å². The molecule has 5 nitrogen and oxygen atoms in total. The van der Waals surface area contributed by atoms with Gasteiger partial charge in [-0.15, -0.1) is 11.3 Å². The summed E-state index contributed by atoms with van der Waals surface area (Å²) < 4.78 is 0.660. The largest absolute Gasteiger partial charge is 0.508 e. The zero-order valence-corrected chi connectivity index (χ0v) is 11.4. The van der Waals surface area contributed by atoms with Crippen molar-refractivity contribution in [1.82, 2.24) is 15.3 Å². The van der Waals surface area contributed by atoms with Gasteiger partial charge < -0.3 is 15.4 Å². The Bertz CT molecular complexity index is 777. The van der Waals surface area contributed by atoms with Gasteiger partial charge in [0.25, 0.3) is 5.56 Å². The number of aromatic hydroxyl groups is 1. The minimum Gasteiger partial charge on any atom is -0.508 e. The third-order valence-corrected chi connectivity index (χ3v) is 3.82. The number of nitrogens with zero attached hydrogens (tertiary/aromatic N) is 1. The minimum atomic E-state index is -0.0913. The Hall–Kier alpha value is -2.18. The summed E-state index contributed by atoms with van der Waals surface area (Å²) in [4.78, 5) is 19.0. The Labute approximate surface area is 118 Å². The van der Waals surface area contributed by atoms with E-state index < -0.39 is 0 Å². The number of fused-ring (bicyclic) bond motifs is 1. The van der Waals surface area contributed by atoms with Crippen LogP contribution in [0.15, 0.2) is 40.5 Å².